The van der Waals surface area contributed by atoms with Crippen molar-refractivity contribution in [3.8, 4) is 0 Å². The minimum Gasteiger partial charge on any atom is -0.466 e. The van der Waals surface area contributed by atoms with Crippen LogP contribution in [-0.2, 0) is 9.53 Å². The SMILES string of the molecule is CCN1C(=O)NC(c2ccc(C(C)C)cc2)C(C(=O)OC)=C1C. The molecule has 1 heterocycles. The van der Waals surface area contributed by atoms with Crippen molar-refractivity contribution >= 4 is 12.0 Å². The molecule has 1 aromatic carbocycles. The minimum atomic E-state index is -0.487. The standard InChI is InChI=1S/C18H24N2O3/c1-6-20-12(4)15(17(21)23-5)16(19-18(20)22)14-9-7-13(8-10-14)11(2)3/h7-11,16H,6H2,1-5H3,(H,19,22). The number of hydrogen-bond donors (Lipinski definition) is 1. The molecule has 1 N–H and O–H groups in total. The van der Waals surface area contributed by atoms with Crippen molar-refractivity contribution in [3.05, 3.63) is 46.7 Å². The third-order valence-electron chi connectivity index (χ3n) is 4.25. The highest BCUT2D eigenvalue weighted by Gasteiger charge is 2.35. The average molecular weight is 316 g/mol. The number of methoxy groups -OCH3 is 1. The van der Waals surface area contributed by atoms with Crippen LogP contribution in [0.3, 0.4) is 0 Å². The number of carbonyl (C=O) groups is 2. The Morgan fingerprint density at radius 3 is 2.39 bits per heavy atom. The number of nitrogens with one attached hydrogen (secondary N) is 1. The fourth-order valence-corrected chi connectivity index (χ4v) is 2.86. The third-order valence-corrected chi connectivity index (χ3v) is 4.25. The van der Waals surface area contributed by atoms with Crippen LogP contribution >= 0.6 is 0 Å². The molecule has 2 rings (SSSR count). The van der Waals surface area contributed by atoms with Gasteiger partial charge in [0.1, 0.15) is 0 Å². The largest absolute Gasteiger partial charge is 0.466 e. The highest BCUT2D eigenvalue weighted by Crippen LogP contribution is 2.31. The minimum absolute atomic E-state index is 0.199. The molecule has 0 aromatic heterocycles. The van der Waals surface area contributed by atoms with Gasteiger partial charge < -0.3 is 10.1 Å². The summed E-state index contributed by atoms with van der Waals surface area (Å²) in [4.78, 5) is 26.1. The van der Waals surface area contributed by atoms with Gasteiger partial charge in [-0.05, 0) is 30.9 Å². The molecule has 0 fully saturated rings. The second kappa shape index (κ2) is 6.86. The second-order valence-electron chi connectivity index (χ2n) is 5.94. The first-order valence-electron chi connectivity index (χ1n) is 7.87. The molecule has 1 atom stereocenters. The molecule has 0 saturated heterocycles. The van der Waals surface area contributed by atoms with Crippen molar-refractivity contribution in [2.75, 3.05) is 13.7 Å². The van der Waals surface area contributed by atoms with Crippen LogP contribution in [-0.4, -0.2) is 30.6 Å². The summed E-state index contributed by atoms with van der Waals surface area (Å²) in [5, 5.41) is 2.91. The summed E-state index contributed by atoms with van der Waals surface area (Å²) in [5.41, 5.74) is 3.21. The highest BCUT2D eigenvalue weighted by molar-refractivity contribution is 5.94. The predicted molar refractivity (Wildman–Crippen MR) is 88.9 cm³/mol. The van der Waals surface area contributed by atoms with E-state index in [4.69, 9.17) is 4.74 Å². The molecule has 5 heteroatoms. The van der Waals surface area contributed by atoms with Crippen molar-refractivity contribution in [1.82, 2.24) is 10.2 Å². The van der Waals surface area contributed by atoms with Crippen LogP contribution in [0, 0.1) is 0 Å². The van der Waals surface area contributed by atoms with E-state index < -0.39 is 12.0 Å². The van der Waals surface area contributed by atoms with Gasteiger partial charge in [0.2, 0.25) is 0 Å². The van der Waals surface area contributed by atoms with E-state index in [1.54, 1.807) is 11.8 Å². The summed E-state index contributed by atoms with van der Waals surface area (Å²) < 4.78 is 4.93. The molecule has 1 unspecified atom stereocenters. The second-order valence-corrected chi connectivity index (χ2v) is 5.94. The molecule has 0 spiro atoms. The van der Waals surface area contributed by atoms with E-state index in [-0.39, 0.29) is 6.03 Å². The molecule has 1 aromatic rings. The van der Waals surface area contributed by atoms with E-state index in [0.717, 1.165) is 5.56 Å². The lowest BCUT2D eigenvalue weighted by atomic mass is 9.92. The van der Waals surface area contributed by atoms with Crippen LogP contribution in [0.1, 0.15) is 50.8 Å². The number of hydrogen-bond acceptors (Lipinski definition) is 3. The quantitative estimate of drug-likeness (QED) is 0.867. The van der Waals surface area contributed by atoms with Gasteiger partial charge >= 0.3 is 12.0 Å². The number of esters is 1. The first-order chi connectivity index (χ1) is 10.9. The lowest BCUT2D eigenvalue weighted by Gasteiger charge is -2.34. The van der Waals surface area contributed by atoms with E-state index in [9.17, 15) is 9.59 Å². The Labute approximate surface area is 137 Å². The van der Waals surface area contributed by atoms with Gasteiger partial charge in [-0.25, -0.2) is 9.59 Å². The van der Waals surface area contributed by atoms with Crippen molar-refractivity contribution < 1.29 is 14.3 Å². The first-order valence-corrected chi connectivity index (χ1v) is 7.87. The number of nitrogens with zero attached hydrogens (tertiary/aromatic N) is 1. The zero-order valence-corrected chi connectivity index (χ0v) is 14.3. The molecule has 0 aliphatic carbocycles. The number of allylic oxidation sites excluding steroid dienone is 1. The van der Waals surface area contributed by atoms with Gasteiger partial charge in [0, 0.05) is 12.2 Å². The molecule has 0 saturated carbocycles. The number of amides is 2. The molecule has 0 radical (unpaired) electrons. The number of rotatable bonds is 4. The Hall–Kier alpha value is -2.30. The molecule has 1 aliphatic rings. The average Bonchev–Trinajstić information content (AvgIpc) is 2.54. The molecule has 5 nitrogen and oxygen atoms in total. The molecule has 1 aliphatic heterocycles. The van der Waals surface area contributed by atoms with E-state index in [1.807, 2.05) is 31.2 Å². The van der Waals surface area contributed by atoms with Crippen LogP contribution < -0.4 is 5.32 Å². The zero-order chi connectivity index (χ0) is 17.1. The summed E-state index contributed by atoms with van der Waals surface area (Å²) >= 11 is 0. The van der Waals surface area contributed by atoms with Crippen molar-refractivity contribution in [2.24, 2.45) is 0 Å². The molecule has 0 bridgehead atoms. The normalized spacial score (nSPS) is 18.3. The van der Waals surface area contributed by atoms with Crippen molar-refractivity contribution in [2.45, 2.75) is 39.7 Å². The van der Waals surface area contributed by atoms with Gasteiger partial charge in [-0.3, -0.25) is 4.90 Å². The van der Waals surface area contributed by atoms with Gasteiger partial charge in [0.25, 0.3) is 0 Å². The lowest BCUT2D eigenvalue weighted by Crippen LogP contribution is -2.47. The summed E-state index contributed by atoms with van der Waals surface area (Å²) in [6, 6.07) is 7.29. The maximum absolute atomic E-state index is 12.3. The van der Waals surface area contributed by atoms with Gasteiger partial charge in [0.15, 0.2) is 0 Å². The summed E-state index contributed by atoms with van der Waals surface area (Å²) in [7, 11) is 1.36. The molecular formula is C18H24N2O3. The van der Waals surface area contributed by atoms with Crippen LogP contribution in [0.2, 0.25) is 0 Å². The molecule has 2 amide bonds. The smallest absolute Gasteiger partial charge is 0.337 e. The topological polar surface area (TPSA) is 58.6 Å². The van der Waals surface area contributed by atoms with Gasteiger partial charge in [0.05, 0.1) is 18.7 Å². The van der Waals surface area contributed by atoms with E-state index in [1.165, 1.54) is 12.7 Å². The number of ether oxygens (including phenoxy) is 1. The summed E-state index contributed by atoms with van der Waals surface area (Å²) in [6.07, 6.45) is 0. The van der Waals surface area contributed by atoms with Crippen LogP contribution in [0.4, 0.5) is 4.79 Å². The Kier molecular flexibility index (Phi) is 5.08. The molecular weight excluding hydrogens is 292 g/mol. The fourth-order valence-electron chi connectivity index (χ4n) is 2.86. The van der Waals surface area contributed by atoms with Crippen molar-refractivity contribution in [1.29, 1.82) is 0 Å². The predicted octanol–water partition coefficient (Wildman–Crippen LogP) is 3.34. The number of carbonyl (C=O) groups excluding carboxylic acids is 2. The molecule has 124 valence electrons. The van der Waals surface area contributed by atoms with Crippen LogP contribution in [0.25, 0.3) is 0 Å². The van der Waals surface area contributed by atoms with Gasteiger partial charge in [-0.15, -0.1) is 0 Å². The van der Waals surface area contributed by atoms with Crippen LogP contribution in [0.5, 0.6) is 0 Å². The summed E-state index contributed by atoms with van der Waals surface area (Å²) in [6.45, 7) is 8.40. The van der Waals surface area contributed by atoms with Crippen LogP contribution in [0.15, 0.2) is 35.5 Å². The van der Waals surface area contributed by atoms with E-state index in [2.05, 4.69) is 19.2 Å². The Balaban J connectivity index is 2.48. The third kappa shape index (κ3) is 3.23. The molecule has 23 heavy (non-hydrogen) atoms. The lowest BCUT2D eigenvalue weighted by molar-refractivity contribution is -0.136. The maximum Gasteiger partial charge on any atom is 0.337 e. The Bertz CT molecular complexity index is 632. The van der Waals surface area contributed by atoms with Crippen molar-refractivity contribution in [3.63, 3.8) is 0 Å². The number of benzene rings is 1. The van der Waals surface area contributed by atoms with Gasteiger partial charge in [-0.1, -0.05) is 38.1 Å². The number of urea groups is 1. The monoisotopic (exact) mass is 316 g/mol. The Morgan fingerprint density at radius 2 is 1.91 bits per heavy atom. The first kappa shape index (κ1) is 17.1. The maximum atomic E-state index is 12.3. The zero-order valence-electron chi connectivity index (χ0n) is 14.3. The van der Waals surface area contributed by atoms with E-state index in [0.29, 0.717) is 23.7 Å². The highest BCUT2D eigenvalue weighted by atomic mass is 16.5. The fraction of sp³-hybridized carbons (Fsp3) is 0.444. The van der Waals surface area contributed by atoms with Gasteiger partial charge in [-0.2, -0.15) is 0 Å². The summed E-state index contributed by atoms with van der Waals surface area (Å²) in [5.74, 6) is 0.0109. The van der Waals surface area contributed by atoms with E-state index >= 15 is 0 Å². The Morgan fingerprint density at radius 1 is 1.30 bits per heavy atom.